The third-order valence-electron chi connectivity index (χ3n) is 3.76. The fourth-order valence-corrected chi connectivity index (χ4v) is 2.40. The highest BCUT2D eigenvalue weighted by molar-refractivity contribution is 5.93. The van der Waals surface area contributed by atoms with Gasteiger partial charge in [-0.2, -0.15) is 5.10 Å². The van der Waals surface area contributed by atoms with E-state index < -0.39 is 5.91 Å². The zero-order chi connectivity index (χ0) is 17.0. The standard InChI is InChI=1S/C16H22N4O3/c1-10-5-6-13(16(22)18-10)15(21)17-9-14-11(2)19-20(12(14)3)7-8-23-4/h5-6H,7-9H2,1-4H3,(H,17,21)(H,18,22). The Morgan fingerprint density at radius 2 is 2.09 bits per heavy atom. The van der Waals surface area contributed by atoms with Crippen LogP contribution in [-0.4, -0.2) is 34.4 Å². The molecule has 1 amide bonds. The van der Waals surface area contributed by atoms with E-state index in [0.717, 1.165) is 22.6 Å². The summed E-state index contributed by atoms with van der Waals surface area (Å²) >= 11 is 0. The number of pyridine rings is 1. The molecule has 0 saturated heterocycles. The molecule has 0 atom stereocenters. The molecule has 0 radical (unpaired) electrons. The molecule has 0 aliphatic heterocycles. The molecule has 0 aliphatic rings. The van der Waals surface area contributed by atoms with E-state index in [2.05, 4.69) is 15.4 Å². The Morgan fingerprint density at radius 1 is 1.35 bits per heavy atom. The number of nitrogens with one attached hydrogen (secondary N) is 2. The Kier molecular flexibility index (Phi) is 5.33. The number of aromatic nitrogens is 3. The van der Waals surface area contributed by atoms with E-state index in [1.54, 1.807) is 20.1 Å². The Morgan fingerprint density at radius 3 is 2.74 bits per heavy atom. The molecule has 0 spiro atoms. The highest BCUT2D eigenvalue weighted by atomic mass is 16.5. The van der Waals surface area contributed by atoms with E-state index in [4.69, 9.17) is 4.74 Å². The number of methoxy groups -OCH3 is 1. The predicted octanol–water partition coefficient (Wildman–Crippen LogP) is 1.07. The average Bonchev–Trinajstić information content (AvgIpc) is 2.77. The van der Waals surface area contributed by atoms with E-state index in [0.29, 0.717) is 19.7 Å². The molecule has 7 heteroatoms. The number of amides is 1. The van der Waals surface area contributed by atoms with Gasteiger partial charge in [-0.15, -0.1) is 0 Å². The fraction of sp³-hybridized carbons (Fsp3) is 0.438. The lowest BCUT2D eigenvalue weighted by atomic mass is 10.2. The first-order valence-corrected chi connectivity index (χ1v) is 7.44. The number of hydrogen-bond acceptors (Lipinski definition) is 4. The summed E-state index contributed by atoms with van der Waals surface area (Å²) in [5, 5.41) is 7.23. The predicted molar refractivity (Wildman–Crippen MR) is 86.5 cm³/mol. The second-order valence-corrected chi connectivity index (χ2v) is 5.43. The zero-order valence-corrected chi connectivity index (χ0v) is 13.9. The summed E-state index contributed by atoms with van der Waals surface area (Å²) in [6, 6.07) is 3.24. The number of ether oxygens (including phenoxy) is 1. The number of nitrogens with zero attached hydrogens (tertiary/aromatic N) is 2. The van der Waals surface area contributed by atoms with Crippen LogP contribution < -0.4 is 10.9 Å². The maximum atomic E-state index is 12.2. The second-order valence-electron chi connectivity index (χ2n) is 5.43. The van der Waals surface area contributed by atoms with Crippen LogP contribution in [0.15, 0.2) is 16.9 Å². The number of aryl methyl sites for hydroxylation is 2. The van der Waals surface area contributed by atoms with Crippen LogP contribution in [0.4, 0.5) is 0 Å². The number of carbonyl (C=O) groups is 1. The SMILES string of the molecule is COCCn1nc(C)c(CNC(=O)c2ccc(C)[nH]c2=O)c1C. The molecule has 0 aliphatic carbocycles. The van der Waals surface area contributed by atoms with Gasteiger partial charge >= 0.3 is 0 Å². The Balaban J connectivity index is 2.10. The lowest BCUT2D eigenvalue weighted by Crippen LogP contribution is -2.29. The zero-order valence-electron chi connectivity index (χ0n) is 13.9. The minimum Gasteiger partial charge on any atom is -0.383 e. The molecule has 0 bridgehead atoms. The second kappa shape index (κ2) is 7.23. The Bertz CT molecular complexity index is 761. The molecule has 23 heavy (non-hydrogen) atoms. The molecule has 2 rings (SSSR count). The van der Waals surface area contributed by atoms with Crippen LogP contribution in [0.2, 0.25) is 0 Å². The van der Waals surface area contributed by atoms with Gasteiger partial charge in [0.15, 0.2) is 0 Å². The highest BCUT2D eigenvalue weighted by Gasteiger charge is 2.14. The molecular weight excluding hydrogens is 296 g/mol. The summed E-state index contributed by atoms with van der Waals surface area (Å²) in [5.74, 6) is -0.394. The van der Waals surface area contributed by atoms with Crippen molar-refractivity contribution in [3.05, 3.63) is 50.7 Å². The molecular formula is C16H22N4O3. The van der Waals surface area contributed by atoms with Crippen LogP contribution in [0.25, 0.3) is 0 Å². The maximum absolute atomic E-state index is 12.2. The molecule has 0 aromatic carbocycles. The molecule has 2 heterocycles. The first-order valence-electron chi connectivity index (χ1n) is 7.44. The van der Waals surface area contributed by atoms with Gasteiger partial charge in [0.1, 0.15) is 5.56 Å². The fourth-order valence-electron chi connectivity index (χ4n) is 2.40. The van der Waals surface area contributed by atoms with Crippen molar-refractivity contribution in [2.45, 2.75) is 33.9 Å². The van der Waals surface area contributed by atoms with Crippen LogP contribution in [0.3, 0.4) is 0 Å². The Hall–Kier alpha value is -2.41. The number of hydrogen-bond donors (Lipinski definition) is 2. The maximum Gasteiger partial charge on any atom is 0.260 e. The first-order chi connectivity index (χ1) is 10.9. The van der Waals surface area contributed by atoms with Gasteiger partial charge < -0.3 is 15.0 Å². The summed E-state index contributed by atoms with van der Waals surface area (Å²) < 4.78 is 6.92. The minimum atomic E-state index is -0.394. The molecule has 0 fully saturated rings. The van der Waals surface area contributed by atoms with Gasteiger partial charge in [-0.3, -0.25) is 14.3 Å². The topological polar surface area (TPSA) is 89.0 Å². The van der Waals surface area contributed by atoms with Crippen molar-refractivity contribution < 1.29 is 9.53 Å². The van der Waals surface area contributed by atoms with Crippen molar-refractivity contribution in [3.8, 4) is 0 Å². The van der Waals surface area contributed by atoms with E-state index in [9.17, 15) is 9.59 Å². The van der Waals surface area contributed by atoms with Crippen LogP contribution in [0, 0.1) is 20.8 Å². The van der Waals surface area contributed by atoms with E-state index in [-0.39, 0.29) is 11.1 Å². The van der Waals surface area contributed by atoms with Crippen molar-refractivity contribution in [2.24, 2.45) is 0 Å². The summed E-state index contributed by atoms with van der Waals surface area (Å²) in [6.07, 6.45) is 0. The largest absolute Gasteiger partial charge is 0.383 e. The van der Waals surface area contributed by atoms with Crippen molar-refractivity contribution in [3.63, 3.8) is 0 Å². The van der Waals surface area contributed by atoms with Crippen LogP contribution in [-0.2, 0) is 17.8 Å². The molecule has 2 aromatic rings. The molecule has 2 aromatic heterocycles. The number of H-pyrrole nitrogens is 1. The number of aromatic amines is 1. The summed E-state index contributed by atoms with van der Waals surface area (Å²) in [4.78, 5) is 26.6. The summed E-state index contributed by atoms with van der Waals surface area (Å²) in [7, 11) is 1.64. The first kappa shape index (κ1) is 17.0. The van der Waals surface area contributed by atoms with E-state index in [1.165, 1.54) is 6.07 Å². The van der Waals surface area contributed by atoms with Crippen molar-refractivity contribution in [2.75, 3.05) is 13.7 Å². The molecule has 7 nitrogen and oxygen atoms in total. The minimum absolute atomic E-state index is 0.109. The van der Waals surface area contributed by atoms with Crippen molar-refractivity contribution in [1.29, 1.82) is 0 Å². The van der Waals surface area contributed by atoms with Gasteiger partial charge in [0, 0.05) is 30.6 Å². The van der Waals surface area contributed by atoms with Gasteiger partial charge in [0.25, 0.3) is 11.5 Å². The van der Waals surface area contributed by atoms with Gasteiger partial charge in [-0.05, 0) is 32.9 Å². The third-order valence-corrected chi connectivity index (χ3v) is 3.76. The molecule has 124 valence electrons. The van der Waals surface area contributed by atoms with Crippen LogP contribution in [0.5, 0.6) is 0 Å². The monoisotopic (exact) mass is 318 g/mol. The normalized spacial score (nSPS) is 10.8. The van der Waals surface area contributed by atoms with Crippen LogP contribution in [0.1, 0.15) is 33.0 Å². The van der Waals surface area contributed by atoms with Crippen molar-refractivity contribution >= 4 is 5.91 Å². The van der Waals surface area contributed by atoms with Gasteiger partial charge in [0.05, 0.1) is 18.8 Å². The lowest BCUT2D eigenvalue weighted by Gasteiger charge is -2.07. The van der Waals surface area contributed by atoms with E-state index >= 15 is 0 Å². The lowest BCUT2D eigenvalue weighted by molar-refractivity contribution is 0.0949. The highest BCUT2D eigenvalue weighted by Crippen LogP contribution is 2.13. The number of carbonyl (C=O) groups excluding carboxylic acids is 1. The summed E-state index contributed by atoms with van der Waals surface area (Å²) in [5.41, 5.74) is 3.24. The van der Waals surface area contributed by atoms with Gasteiger partial charge in [-0.25, -0.2) is 0 Å². The van der Waals surface area contributed by atoms with Gasteiger partial charge in [0.2, 0.25) is 0 Å². The van der Waals surface area contributed by atoms with Crippen molar-refractivity contribution in [1.82, 2.24) is 20.1 Å². The van der Waals surface area contributed by atoms with Gasteiger partial charge in [-0.1, -0.05) is 0 Å². The smallest absolute Gasteiger partial charge is 0.260 e. The average molecular weight is 318 g/mol. The third kappa shape index (κ3) is 3.87. The molecule has 2 N–H and O–H groups in total. The molecule has 0 saturated carbocycles. The van der Waals surface area contributed by atoms with E-state index in [1.807, 2.05) is 18.5 Å². The molecule has 0 unspecified atom stereocenters. The summed E-state index contributed by atoms with van der Waals surface area (Å²) in [6.45, 7) is 7.19. The van der Waals surface area contributed by atoms with Crippen LogP contribution >= 0.6 is 0 Å². The quantitative estimate of drug-likeness (QED) is 0.834. The number of rotatable bonds is 6. The Labute approximate surface area is 134 Å².